The Morgan fingerprint density at radius 3 is 2.61 bits per heavy atom. The number of pyridine rings is 1. The molecule has 0 fully saturated rings. The fourth-order valence-electron chi connectivity index (χ4n) is 4.40. The lowest BCUT2D eigenvalue weighted by molar-refractivity contribution is -0.118. The molecule has 3 aromatic carbocycles. The monoisotopic (exact) mass is 523 g/mol. The molecule has 0 spiro atoms. The third kappa shape index (κ3) is 5.66. The van der Waals surface area contributed by atoms with Crippen LogP contribution in [0.25, 0.3) is 10.9 Å². The maximum absolute atomic E-state index is 12.6. The van der Waals surface area contributed by atoms with E-state index in [1.807, 2.05) is 42.5 Å². The number of methoxy groups -OCH3 is 1. The summed E-state index contributed by atoms with van der Waals surface area (Å²) < 4.78 is 11.1. The summed E-state index contributed by atoms with van der Waals surface area (Å²) in [7, 11) is 1.67. The van der Waals surface area contributed by atoms with Crippen molar-refractivity contribution < 1.29 is 14.3 Å². The number of ether oxygens (including phenoxy) is 2. The van der Waals surface area contributed by atoms with Crippen LogP contribution in [0.2, 0.25) is 5.02 Å². The van der Waals surface area contributed by atoms with E-state index >= 15 is 0 Å². The molecule has 6 nitrogen and oxygen atoms in total. The minimum Gasteiger partial charge on any atom is -0.495 e. The molecule has 1 heterocycles. The van der Waals surface area contributed by atoms with Gasteiger partial charge in [0, 0.05) is 21.8 Å². The van der Waals surface area contributed by atoms with Crippen LogP contribution in [0.3, 0.4) is 0 Å². The molecule has 4 aromatic rings. The molecule has 186 valence electrons. The number of nitrogens with one attached hydrogen (secondary N) is 2. The molecule has 1 aliphatic carbocycles. The Kier molecular flexibility index (Phi) is 8.18. The van der Waals surface area contributed by atoms with Crippen LogP contribution in [-0.4, -0.2) is 24.6 Å². The molecule has 0 aliphatic heterocycles. The van der Waals surface area contributed by atoms with Crippen LogP contribution in [0.15, 0.2) is 66.7 Å². The summed E-state index contributed by atoms with van der Waals surface area (Å²) in [5.41, 5.74) is 5.84. The largest absolute Gasteiger partial charge is 0.495 e. The predicted octanol–water partition coefficient (Wildman–Crippen LogP) is 6.96. The maximum Gasteiger partial charge on any atom is 0.262 e. The van der Waals surface area contributed by atoms with Crippen molar-refractivity contribution >= 4 is 57.9 Å². The zero-order valence-electron chi connectivity index (χ0n) is 19.8. The van der Waals surface area contributed by atoms with Crippen molar-refractivity contribution in [2.24, 2.45) is 0 Å². The second-order valence-corrected chi connectivity index (χ2v) is 8.90. The van der Waals surface area contributed by atoms with Crippen LogP contribution in [-0.2, 0) is 17.6 Å². The number of halogens is 2. The molecule has 5 rings (SSSR count). The molecule has 0 radical (unpaired) electrons. The number of aryl methyl sites for hydroxylation is 1. The van der Waals surface area contributed by atoms with Crippen molar-refractivity contribution in [1.82, 2.24) is 4.98 Å². The van der Waals surface area contributed by atoms with Crippen molar-refractivity contribution in [2.75, 3.05) is 24.4 Å². The molecule has 2 N–H and O–H groups in total. The molecule has 0 saturated carbocycles. The highest BCUT2D eigenvalue weighted by molar-refractivity contribution is 6.30. The second-order valence-electron chi connectivity index (χ2n) is 8.47. The Bertz CT molecular complexity index is 1380. The first kappa shape index (κ1) is 25.6. The molecule has 0 bridgehead atoms. The lowest BCUT2D eigenvalue weighted by Gasteiger charge is -2.23. The molecule has 8 heteroatoms. The lowest BCUT2D eigenvalue weighted by atomic mass is 9.92. The van der Waals surface area contributed by atoms with Gasteiger partial charge >= 0.3 is 0 Å². The predicted molar refractivity (Wildman–Crippen MR) is 147 cm³/mol. The van der Waals surface area contributed by atoms with E-state index in [0.29, 0.717) is 16.5 Å². The number of aromatic nitrogens is 1. The number of amides is 1. The summed E-state index contributed by atoms with van der Waals surface area (Å²) in [5, 5.41) is 8.12. The quantitative estimate of drug-likeness (QED) is 0.274. The maximum atomic E-state index is 12.6. The highest BCUT2D eigenvalue weighted by Crippen LogP contribution is 2.38. The average molecular weight is 524 g/mol. The SMILES string of the molecule is COc1ccccc1Nc1c2c(nc3ccc(NC(=O)COc4ccc(Cl)cc4)cc13)CCCC2.Cl. The van der Waals surface area contributed by atoms with Gasteiger partial charge in [-0.15, -0.1) is 12.4 Å². The van der Waals surface area contributed by atoms with Crippen molar-refractivity contribution in [3.8, 4) is 11.5 Å². The number of nitrogens with zero attached hydrogens (tertiary/aromatic N) is 1. The Hall–Kier alpha value is -3.48. The Labute approximate surface area is 221 Å². The van der Waals surface area contributed by atoms with E-state index in [-0.39, 0.29) is 24.9 Å². The molecule has 0 atom stereocenters. The van der Waals surface area contributed by atoms with Crippen LogP contribution in [0.5, 0.6) is 11.5 Å². The summed E-state index contributed by atoms with van der Waals surface area (Å²) in [6.45, 7) is -0.103. The molecule has 1 aromatic heterocycles. The number of anilines is 3. The van der Waals surface area contributed by atoms with Gasteiger partial charge in [-0.1, -0.05) is 23.7 Å². The number of rotatable bonds is 7. The first-order valence-electron chi connectivity index (χ1n) is 11.6. The van der Waals surface area contributed by atoms with Gasteiger partial charge in [-0.2, -0.15) is 0 Å². The standard InChI is InChI=1S/C28H26ClN3O3.ClH/c1-34-26-9-5-4-8-25(26)32-28-21-6-2-3-7-23(21)31-24-15-12-19(16-22(24)28)30-27(33)17-35-20-13-10-18(29)11-14-20;/h4-5,8-16H,2-3,6-7,17H2,1H3,(H,30,33)(H,31,32);1H. The number of hydrogen-bond donors (Lipinski definition) is 2. The molecule has 1 amide bonds. The van der Waals surface area contributed by atoms with Crippen LogP contribution >= 0.6 is 24.0 Å². The van der Waals surface area contributed by atoms with Crippen molar-refractivity contribution in [2.45, 2.75) is 25.7 Å². The van der Waals surface area contributed by atoms with Gasteiger partial charge in [0.05, 0.1) is 24.0 Å². The van der Waals surface area contributed by atoms with Crippen molar-refractivity contribution in [1.29, 1.82) is 0 Å². The van der Waals surface area contributed by atoms with Crippen molar-refractivity contribution in [3.63, 3.8) is 0 Å². The van der Waals surface area contributed by atoms with E-state index in [9.17, 15) is 4.79 Å². The summed E-state index contributed by atoms with van der Waals surface area (Å²) in [5.74, 6) is 1.11. The average Bonchev–Trinajstić information content (AvgIpc) is 2.89. The van der Waals surface area contributed by atoms with Gasteiger partial charge in [0.25, 0.3) is 5.91 Å². The zero-order chi connectivity index (χ0) is 24.2. The Balaban J connectivity index is 0.00000304. The van der Waals surface area contributed by atoms with E-state index in [1.165, 1.54) is 5.56 Å². The van der Waals surface area contributed by atoms with Gasteiger partial charge in [-0.05, 0) is 85.8 Å². The van der Waals surface area contributed by atoms with E-state index in [2.05, 4.69) is 10.6 Å². The van der Waals surface area contributed by atoms with Crippen molar-refractivity contribution in [3.05, 3.63) is 83.0 Å². The highest BCUT2D eigenvalue weighted by Gasteiger charge is 2.20. The summed E-state index contributed by atoms with van der Waals surface area (Å²) in [4.78, 5) is 17.5. The van der Waals surface area contributed by atoms with E-state index < -0.39 is 0 Å². The summed E-state index contributed by atoms with van der Waals surface area (Å²) >= 11 is 5.90. The lowest BCUT2D eigenvalue weighted by Crippen LogP contribution is -2.20. The molecule has 36 heavy (non-hydrogen) atoms. The molecule has 0 saturated heterocycles. The number of hydrogen-bond acceptors (Lipinski definition) is 5. The molecular weight excluding hydrogens is 497 g/mol. The number of para-hydroxylation sites is 2. The summed E-state index contributed by atoms with van der Waals surface area (Å²) in [6, 6.07) is 20.6. The minimum absolute atomic E-state index is 0. The minimum atomic E-state index is -0.246. The van der Waals surface area contributed by atoms with Crippen LogP contribution in [0, 0.1) is 0 Å². The van der Waals surface area contributed by atoms with Crippen LogP contribution < -0.4 is 20.1 Å². The number of fused-ring (bicyclic) bond motifs is 2. The summed E-state index contributed by atoms with van der Waals surface area (Å²) in [6.07, 6.45) is 4.19. The van der Waals surface area contributed by atoms with Gasteiger partial charge in [-0.3, -0.25) is 9.78 Å². The molecular formula is C28H27Cl2N3O3. The zero-order valence-corrected chi connectivity index (χ0v) is 21.4. The van der Waals surface area contributed by atoms with Crippen LogP contribution in [0.1, 0.15) is 24.1 Å². The second kappa shape index (κ2) is 11.5. The van der Waals surface area contributed by atoms with Gasteiger partial charge in [0.15, 0.2) is 6.61 Å². The first-order valence-corrected chi connectivity index (χ1v) is 12.0. The van der Waals surface area contributed by atoms with Gasteiger partial charge < -0.3 is 20.1 Å². The van der Waals surface area contributed by atoms with E-state index in [1.54, 1.807) is 31.4 Å². The third-order valence-electron chi connectivity index (χ3n) is 6.10. The number of carbonyl (C=O) groups is 1. The fourth-order valence-corrected chi connectivity index (χ4v) is 4.53. The fraction of sp³-hybridized carbons (Fsp3) is 0.214. The Morgan fingerprint density at radius 1 is 1.03 bits per heavy atom. The first-order chi connectivity index (χ1) is 17.1. The van der Waals surface area contributed by atoms with E-state index in [4.69, 9.17) is 26.1 Å². The highest BCUT2D eigenvalue weighted by atomic mass is 35.5. The Morgan fingerprint density at radius 2 is 1.81 bits per heavy atom. The van der Waals surface area contributed by atoms with Gasteiger partial charge in [-0.25, -0.2) is 0 Å². The number of carbonyl (C=O) groups excluding carboxylic acids is 1. The van der Waals surface area contributed by atoms with Gasteiger partial charge in [0.2, 0.25) is 0 Å². The normalized spacial score (nSPS) is 12.3. The van der Waals surface area contributed by atoms with Crippen LogP contribution in [0.4, 0.5) is 17.1 Å². The number of benzene rings is 3. The van der Waals surface area contributed by atoms with Gasteiger partial charge in [0.1, 0.15) is 11.5 Å². The smallest absolute Gasteiger partial charge is 0.262 e. The molecule has 0 unspecified atom stereocenters. The molecule has 1 aliphatic rings. The topological polar surface area (TPSA) is 72.5 Å². The third-order valence-corrected chi connectivity index (χ3v) is 6.35. The van der Waals surface area contributed by atoms with E-state index in [0.717, 1.165) is 59.4 Å².